The van der Waals surface area contributed by atoms with Crippen LogP contribution in [0.4, 0.5) is 0 Å². The van der Waals surface area contributed by atoms with Crippen LogP contribution in [0.15, 0.2) is 83.8 Å². The highest BCUT2D eigenvalue weighted by atomic mass is 35.5. The minimum atomic E-state index is -4.44. The van der Waals surface area contributed by atoms with E-state index in [2.05, 4.69) is 12.1 Å². The second-order valence-electron chi connectivity index (χ2n) is 14.5. The van der Waals surface area contributed by atoms with E-state index in [1.165, 1.54) is 17.7 Å². The minimum Gasteiger partial charge on any atom is -0.387 e. The maximum absolute atomic E-state index is 12.0. The number of aromatic nitrogens is 4. The standard InChI is InChI=1S/C42H38Cl4N4O5S/c43-26-14-17-35(33(45)21-26)49-41-29-10-8-7-9-24(29)19-31(41)39(47-49)37(51)11-5-3-1-2-4-6-12-38(52)40-32-20-25-13-16-28(56(53,54)55)23-30(25)42(32)50(48-40)36-18-15-27(44)22-34(36)46/h7-10,13-18,21-23,37-38,51-52H,1-6,11-12,19-20H2,(H,53,54,55). The van der Waals surface area contributed by atoms with Gasteiger partial charge in [-0.25, -0.2) is 9.36 Å². The summed E-state index contributed by atoms with van der Waals surface area (Å²) in [6.45, 7) is 0. The van der Waals surface area contributed by atoms with E-state index in [1.54, 1.807) is 41.1 Å². The van der Waals surface area contributed by atoms with Crippen molar-refractivity contribution in [2.45, 2.75) is 81.3 Å². The molecule has 4 aromatic carbocycles. The number of aliphatic hydroxyl groups excluding tert-OH is 2. The molecule has 0 aliphatic heterocycles. The van der Waals surface area contributed by atoms with Crippen LogP contribution in [-0.2, 0) is 23.0 Å². The van der Waals surface area contributed by atoms with Crippen LogP contribution in [0.1, 0.15) is 97.2 Å². The lowest BCUT2D eigenvalue weighted by atomic mass is 10.0. The second-order valence-corrected chi connectivity index (χ2v) is 17.6. The second kappa shape index (κ2) is 15.9. The molecule has 8 rings (SSSR count). The van der Waals surface area contributed by atoms with Crippen LogP contribution in [0.2, 0.25) is 20.1 Å². The van der Waals surface area contributed by atoms with Crippen LogP contribution < -0.4 is 0 Å². The highest BCUT2D eigenvalue weighted by molar-refractivity contribution is 7.85. The highest BCUT2D eigenvalue weighted by Gasteiger charge is 2.33. The summed E-state index contributed by atoms with van der Waals surface area (Å²) in [5.41, 5.74) is 9.61. The summed E-state index contributed by atoms with van der Waals surface area (Å²) in [5, 5.41) is 34.4. The van der Waals surface area contributed by atoms with Gasteiger partial charge in [-0.05, 0) is 72.5 Å². The van der Waals surface area contributed by atoms with Gasteiger partial charge < -0.3 is 10.2 Å². The van der Waals surface area contributed by atoms with Gasteiger partial charge in [0, 0.05) is 45.1 Å². The van der Waals surface area contributed by atoms with Crippen LogP contribution in [-0.4, -0.2) is 42.7 Å². The number of rotatable bonds is 14. The van der Waals surface area contributed by atoms with E-state index in [0.29, 0.717) is 74.1 Å². The van der Waals surface area contributed by atoms with Crippen molar-refractivity contribution in [1.29, 1.82) is 0 Å². The van der Waals surface area contributed by atoms with Crippen molar-refractivity contribution >= 4 is 56.5 Å². The molecule has 56 heavy (non-hydrogen) atoms. The Morgan fingerprint density at radius 1 is 0.607 bits per heavy atom. The summed E-state index contributed by atoms with van der Waals surface area (Å²) >= 11 is 25.6. The molecule has 2 aliphatic carbocycles. The van der Waals surface area contributed by atoms with Crippen molar-refractivity contribution in [1.82, 2.24) is 19.6 Å². The van der Waals surface area contributed by atoms with E-state index in [9.17, 15) is 23.2 Å². The molecule has 9 nitrogen and oxygen atoms in total. The average Bonchev–Trinajstić information content (AvgIpc) is 3.91. The molecular weight excluding hydrogens is 814 g/mol. The van der Waals surface area contributed by atoms with Gasteiger partial charge in [-0.15, -0.1) is 0 Å². The van der Waals surface area contributed by atoms with Gasteiger partial charge in [0.05, 0.1) is 61.3 Å². The maximum Gasteiger partial charge on any atom is 0.294 e. The minimum absolute atomic E-state index is 0.222. The predicted molar refractivity (Wildman–Crippen MR) is 220 cm³/mol. The number of nitrogens with zero attached hydrogens (tertiary/aromatic N) is 4. The van der Waals surface area contributed by atoms with Crippen molar-refractivity contribution in [3.8, 4) is 33.9 Å². The van der Waals surface area contributed by atoms with E-state index in [4.69, 9.17) is 56.6 Å². The molecule has 6 aromatic rings. The molecule has 2 atom stereocenters. The number of aliphatic hydroxyl groups is 2. The number of halogens is 4. The fraction of sp³-hybridized carbons (Fsp3) is 0.286. The van der Waals surface area contributed by atoms with Gasteiger partial charge in [0.2, 0.25) is 0 Å². The molecule has 14 heteroatoms. The smallest absolute Gasteiger partial charge is 0.294 e. The fourth-order valence-electron chi connectivity index (χ4n) is 8.06. The van der Waals surface area contributed by atoms with Crippen LogP contribution in [0.25, 0.3) is 33.9 Å². The normalized spacial score (nSPS) is 14.1. The van der Waals surface area contributed by atoms with Gasteiger partial charge >= 0.3 is 0 Å². The fourth-order valence-corrected chi connectivity index (χ4v) is 9.54. The van der Waals surface area contributed by atoms with Crippen molar-refractivity contribution in [2.75, 3.05) is 0 Å². The molecular formula is C42H38Cl4N4O5S. The van der Waals surface area contributed by atoms with Crippen molar-refractivity contribution in [3.63, 3.8) is 0 Å². The first-order valence-electron chi connectivity index (χ1n) is 18.6. The monoisotopic (exact) mass is 850 g/mol. The molecule has 0 fully saturated rings. The van der Waals surface area contributed by atoms with Crippen LogP contribution in [0.3, 0.4) is 0 Å². The van der Waals surface area contributed by atoms with Crippen molar-refractivity contribution < 1.29 is 23.2 Å². The van der Waals surface area contributed by atoms with E-state index < -0.39 is 22.3 Å². The largest absolute Gasteiger partial charge is 0.387 e. The summed E-state index contributed by atoms with van der Waals surface area (Å²) in [6, 6.07) is 23.1. The summed E-state index contributed by atoms with van der Waals surface area (Å²) in [7, 11) is -4.44. The summed E-state index contributed by atoms with van der Waals surface area (Å²) in [4.78, 5) is -0.222. The Morgan fingerprint density at radius 3 is 1.61 bits per heavy atom. The molecule has 0 saturated heterocycles. The van der Waals surface area contributed by atoms with Crippen molar-refractivity contribution in [2.24, 2.45) is 0 Å². The zero-order chi connectivity index (χ0) is 39.3. The SMILES string of the molecule is O=S(=O)(O)c1ccc2c(c1)-c1c(c(C(O)CCCCCCCCC(O)c3nn(-c4ccc(Cl)cc4Cl)c4c3Cc3ccccc3-4)nn1-c1ccc(Cl)cc1Cl)C2. The lowest BCUT2D eigenvalue weighted by Gasteiger charge is -2.12. The topological polar surface area (TPSA) is 130 Å². The van der Waals surface area contributed by atoms with E-state index >= 15 is 0 Å². The Labute approximate surface area is 345 Å². The average molecular weight is 853 g/mol. The molecule has 2 aromatic heterocycles. The zero-order valence-electron chi connectivity index (χ0n) is 30.1. The Bertz CT molecular complexity index is 2590. The Kier molecular flexibility index (Phi) is 11.1. The number of unbranched alkanes of at least 4 members (excludes halogenated alkanes) is 5. The number of hydrogen-bond donors (Lipinski definition) is 3. The first kappa shape index (κ1) is 39.1. The third-order valence-corrected chi connectivity index (χ3v) is 12.7. The summed E-state index contributed by atoms with van der Waals surface area (Å²) < 4.78 is 37.2. The van der Waals surface area contributed by atoms with E-state index in [1.807, 2.05) is 22.9 Å². The summed E-state index contributed by atoms with van der Waals surface area (Å²) in [5.74, 6) is 0. The molecule has 0 spiro atoms. The Hall–Kier alpha value is -3.71. The van der Waals surface area contributed by atoms with Crippen LogP contribution in [0, 0.1) is 0 Å². The molecule has 0 bridgehead atoms. The summed E-state index contributed by atoms with van der Waals surface area (Å²) in [6.07, 6.45) is 6.15. The Morgan fingerprint density at radius 2 is 1.09 bits per heavy atom. The highest BCUT2D eigenvalue weighted by Crippen LogP contribution is 2.45. The lowest BCUT2D eigenvalue weighted by Crippen LogP contribution is -2.05. The third-order valence-electron chi connectivity index (χ3n) is 10.8. The van der Waals surface area contributed by atoms with Gasteiger partial charge in [0.15, 0.2) is 0 Å². The molecule has 0 radical (unpaired) electrons. The van der Waals surface area contributed by atoms with Crippen molar-refractivity contribution in [3.05, 3.63) is 133 Å². The van der Waals surface area contributed by atoms with Gasteiger partial charge in [-0.2, -0.15) is 18.6 Å². The van der Waals surface area contributed by atoms with Crippen LogP contribution in [0.5, 0.6) is 0 Å². The quantitative estimate of drug-likeness (QED) is 0.0733. The number of hydrogen-bond acceptors (Lipinski definition) is 6. The lowest BCUT2D eigenvalue weighted by molar-refractivity contribution is 0.155. The molecule has 0 saturated carbocycles. The molecule has 2 unspecified atom stereocenters. The van der Waals surface area contributed by atoms with Crippen LogP contribution >= 0.6 is 46.4 Å². The maximum atomic E-state index is 12.0. The predicted octanol–water partition coefficient (Wildman–Crippen LogP) is 10.9. The molecule has 290 valence electrons. The molecule has 2 heterocycles. The zero-order valence-corrected chi connectivity index (χ0v) is 33.9. The molecule has 2 aliphatic rings. The number of benzene rings is 4. The molecule has 3 N–H and O–H groups in total. The number of fused-ring (bicyclic) bond motifs is 6. The molecule has 0 amide bonds. The van der Waals surface area contributed by atoms with Gasteiger partial charge in [-0.3, -0.25) is 4.55 Å². The Balaban J connectivity index is 0.884. The van der Waals surface area contributed by atoms with E-state index in [-0.39, 0.29) is 4.90 Å². The third kappa shape index (κ3) is 7.54. The first-order valence-corrected chi connectivity index (χ1v) is 21.5. The van der Waals surface area contributed by atoms with Gasteiger partial charge in [0.1, 0.15) is 0 Å². The van der Waals surface area contributed by atoms with Gasteiger partial charge in [0.25, 0.3) is 10.1 Å². The van der Waals surface area contributed by atoms with Gasteiger partial charge in [-0.1, -0.05) is 115 Å². The van der Waals surface area contributed by atoms with E-state index in [0.717, 1.165) is 72.2 Å². The first-order chi connectivity index (χ1) is 26.9.